The van der Waals surface area contributed by atoms with E-state index in [1.807, 2.05) is 6.07 Å². The molecule has 4 heteroatoms. The molecule has 0 saturated heterocycles. The predicted molar refractivity (Wildman–Crippen MR) is 59.9 cm³/mol. The van der Waals surface area contributed by atoms with E-state index in [4.69, 9.17) is 0 Å². The van der Waals surface area contributed by atoms with Crippen LogP contribution in [0.15, 0.2) is 18.2 Å². The lowest BCUT2D eigenvalue weighted by atomic mass is 10.1. The number of benzene rings is 1. The summed E-state index contributed by atoms with van der Waals surface area (Å²) in [6.45, 7) is -0.999. The van der Waals surface area contributed by atoms with Gasteiger partial charge in [-0.1, -0.05) is 28.1 Å². The molecule has 0 amide bonds. The zero-order valence-corrected chi connectivity index (χ0v) is 10.1. The van der Waals surface area contributed by atoms with Crippen LogP contribution in [0, 0.1) is 6.92 Å². The molecule has 0 aliphatic heterocycles. The Kier molecular flexibility index (Phi) is 5.02. The number of halogens is 3. The molecule has 0 unspecified atom stereocenters. The number of hydrogen-bond acceptors (Lipinski definition) is 1. The van der Waals surface area contributed by atoms with Crippen molar-refractivity contribution < 1.29 is 13.5 Å². The van der Waals surface area contributed by atoms with E-state index >= 15 is 0 Å². The van der Waals surface area contributed by atoms with Crippen molar-refractivity contribution >= 4 is 15.9 Å². The Morgan fingerprint density at radius 2 is 2.13 bits per heavy atom. The molecule has 0 aliphatic rings. The lowest BCUT2D eigenvalue weighted by molar-refractivity contribution is -0.0503. The first-order valence-corrected chi connectivity index (χ1v) is 5.86. The third kappa shape index (κ3) is 4.16. The van der Waals surface area contributed by atoms with Gasteiger partial charge in [-0.15, -0.1) is 0 Å². The Balaban J connectivity index is 2.75. The molecule has 0 N–H and O–H groups in total. The van der Waals surface area contributed by atoms with Crippen molar-refractivity contribution in [2.75, 3.05) is 5.33 Å². The van der Waals surface area contributed by atoms with E-state index < -0.39 is 6.61 Å². The van der Waals surface area contributed by atoms with Crippen LogP contribution in [0.25, 0.3) is 0 Å². The van der Waals surface area contributed by atoms with Crippen LogP contribution >= 0.6 is 15.9 Å². The van der Waals surface area contributed by atoms with Crippen LogP contribution in [-0.2, 0) is 6.42 Å². The van der Waals surface area contributed by atoms with Crippen molar-refractivity contribution in [3.63, 3.8) is 0 Å². The number of hydrogen-bond donors (Lipinski definition) is 0. The highest BCUT2D eigenvalue weighted by Crippen LogP contribution is 2.22. The molecule has 0 aliphatic carbocycles. The van der Waals surface area contributed by atoms with Crippen molar-refractivity contribution in [2.24, 2.45) is 0 Å². The van der Waals surface area contributed by atoms with Gasteiger partial charge in [-0.2, -0.15) is 8.78 Å². The van der Waals surface area contributed by atoms with E-state index in [1.54, 1.807) is 19.1 Å². The van der Waals surface area contributed by atoms with Gasteiger partial charge in [0.1, 0.15) is 5.75 Å². The van der Waals surface area contributed by atoms with Crippen molar-refractivity contribution in [2.45, 2.75) is 26.4 Å². The van der Waals surface area contributed by atoms with E-state index in [-0.39, 0.29) is 5.75 Å². The second-order valence-corrected chi connectivity index (χ2v) is 4.06. The predicted octanol–water partition coefficient (Wildman–Crippen LogP) is 3.92. The topological polar surface area (TPSA) is 9.23 Å². The highest BCUT2D eigenvalue weighted by atomic mass is 79.9. The summed E-state index contributed by atoms with van der Waals surface area (Å²) < 4.78 is 28.5. The van der Waals surface area contributed by atoms with Crippen molar-refractivity contribution in [3.8, 4) is 5.75 Å². The molecule has 84 valence electrons. The number of ether oxygens (including phenoxy) is 1. The number of rotatable bonds is 5. The second kappa shape index (κ2) is 6.05. The molecule has 1 nitrogen and oxygen atoms in total. The molecule has 1 rings (SSSR count). The van der Waals surface area contributed by atoms with Crippen LogP contribution in [0.2, 0.25) is 0 Å². The van der Waals surface area contributed by atoms with Crippen LogP contribution in [0.5, 0.6) is 5.75 Å². The summed E-state index contributed by atoms with van der Waals surface area (Å²) in [6.07, 6.45) is 1.85. The average molecular weight is 279 g/mol. The third-order valence-corrected chi connectivity index (χ3v) is 2.63. The summed E-state index contributed by atoms with van der Waals surface area (Å²) in [4.78, 5) is 0. The molecule has 0 fully saturated rings. The van der Waals surface area contributed by atoms with Crippen LogP contribution in [0.3, 0.4) is 0 Å². The summed E-state index contributed by atoms with van der Waals surface area (Å²) in [5.74, 6) is 0.275. The van der Waals surface area contributed by atoms with Crippen molar-refractivity contribution in [3.05, 3.63) is 29.3 Å². The van der Waals surface area contributed by atoms with Gasteiger partial charge in [0, 0.05) is 5.33 Å². The Morgan fingerprint density at radius 1 is 1.40 bits per heavy atom. The minimum absolute atomic E-state index is 0.275. The maximum absolute atomic E-state index is 12.1. The molecular formula is C11H13BrF2O. The van der Waals surface area contributed by atoms with Crippen molar-refractivity contribution in [1.82, 2.24) is 0 Å². The molecule has 0 spiro atoms. The first-order chi connectivity index (χ1) is 7.13. The molecule has 15 heavy (non-hydrogen) atoms. The van der Waals surface area contributed by atoms with Gasteiger partial charge in [0.15, 0.2) is 0 Å². The van der Waals surface area contributed by atoms with Gasteiger partial charge in [-0.3, -0.25) is 0 Å². The first-order valence-electron chi connectivity index (χ1n) is 4.74. The van der Waals surface area contributed by atoms with E-state index in [0.717, 1.165) is 29.3 Å². The fourth-order valence-electron chi connectivity index (χ4n) is 1.29. The molecule has 0 radical (unpaired) electrons. The maximum Gasteiger partial charge on any atom is 0.387 e. The summed E-state index contributed by atoms with van der Waals surface area (Å²) in [5, 5.41) is 0.909. The third-order valence-electron chi connectivity index (χ3n) is 2.07. The molecular weight excluding hydrogens is 266 g/mol. The minimum atomic E-state index is -2.75. The smallest absolute Gasteiger partial charge is 0.387 e. The highest BCUT2D eigenvalue weighted by Gasteiger charge is 2.07. The largest absolute Gasteiger partial charge is 0.435 e. The van der Waals surface area contributed by atoms with Gasteiger partial charge in [0.05, 0.1) is 0 Å². The summed E-state index contributed by atoms with van der Waals surface area (Å²) in [6, 6.07) is 5.43. The molecule has 0 heterocycles. The van der Waals surface area contributed by atoms with Gasteiger partial charge in [0.2, 0.25) is 0 Å². The maximum atomic E-state index is 12.1. The second-order valence-electron chi connectivity index (χ2n) is 3.27. The lowest BCUT2D eigenvalue weighted by Crippen LogP contribution is -2.03. The Hall–Kier alpha value is -0.640. The minimum Gasteiger partial charge on any atom is -0.435 e. The molecule has 0 atom stereocenters. The summed E-state index contributed by atoms with van der Waals surface area (Å²) >= 11 is 3.33. The quantitative estimate of drug-likeness (QED) is 0.742. The monoisotopic (exact) mass is 278 g/mol. The lowest BCUT2D eigenvalue weighted by Gasteiger charge is -2.09. The molecule has 1 aromatic carbocycles. The van der Waals surface area contributed by atoms with Gasteiger partial charge < -0.3 is 4.74 Å². The van der Waals surface area contributed by atoms with Gasteiger partial charge in [-0.05, 0) is 37.0 Å². The SMILES string of the molecule is Cc1ccc(CCCBr)cc1OC(F)F. The van der Waals surface area contributed by atoms with Crippen LogP contribution in [-0.4, -0.2) is 11.9 Å². The molecule has 0 aromatic heterocycles. The Labute approximate surface area is 96.6 Å². The van der Waals surface area contributed by atoms with E-state index in [2.05, 4.69) is 20.7 Å². The zero-order valence-electron chi connectivity index (χ0n) is 8.47. The first kappa shape index (κ1) is 12.4. The van der Waals surface area contributed by atoms with E-state index in [9.17, 15) is 8.78 Å². The van der Waals surface area contributed by atoms with Crippen LogP contribution < -0.4 is 4.74 Å². The van der Waals surface area contributed by atoms with E-state index in [1.165, 1.54) is 0 Å². The summed E-state index contributed by atoms with van der Waals surface area (Å²) in [5.41, 5.74) is 1.76. The summed E-state index contributed by atoms with van der Waals surface area (Å²) in [7, 11) is 0. The highest BCUT2D eigenvalue weighted by molar-refractivity contribution is 9.09. The molecule has 1 aromatic rings. The van der Waals surface area contributed by atoms with Crippen LogP contribution in [0.1, 0.15) is 17.5 Å². The zero-order chi connectivity index (χ0) is 11.3. The number of alkyl halides is 3. The Morgan fingerprint density at radius 3 is 2.73 bits per heavy atom. The fourth-order valence-corrected chi connectivity index (χ4v) is 1.57. The molecule has 0 bridgehead atoms. The van der Waals surface area contributed by atoms with Gasteiger partial charge >= 0.3 is 6.61 Å². The van der Waals surface area contributed by atoms with Gasteiger partial charge in [0.25, 0.3) is 0 Å². The average Bonchev–Trinajstić information content (AvgIpc) is 2.18. The Bertz CT molecular complexity index is 315. The number of aryl methyl sites for hydroxylation is 2. The molecule has 0 saturated carbocycles. The normalized spacial score (nSPS) is 10.7. The van der Waals surface area contributed by atoms with Gasteiger partial charge in [-0.25, -0.2) is 0 Å². The van der Waals surface area contributed by atoms with Crippen molar-refractivity contribution in [1.29, 1.82) is 0 Å². The standard InChI is InChI=1S/C11H13BrF2O/c1-8-4-5-9(3-2-6-12)7-10(8)15-11(13)14/h4-5,7,11H,2-3,6H2,1H3. The fraction of sp³-hybridized carbons (Fsp3) is 0.455. The van der Waals surface area contributed by atoms with Crippen LogP contribution in [0.4, 0.5) is 8.78 Å². The van der Waals surface area contributed by atoms with E-state index in [0.29, 0.717) is 0 Å².